The van der Waals surface area contributed by atoms with Gasteiger partial charge in [-0.15, -0.1) is 0 Å². The van der Waals surface area contributed by atoms with Crippen molar-refractivity contribution >= 4 is 40.8 Å². The number of hydrogen-bond acceptors (Lipinski definition) is 4. The Kier molecular flexibility index (Phi) is 5.62. The average Bonchev–Trinajstić information content (AvgIpc) is 2.95. The summed E-state index contributed by atoms with van der Waals surface area (Å²) >= 11 is 12.3. The zero-order chi connectivity index (χ0) is 20.4. The van der Waals surface area contributed by atoms with E-state index in [1.807, 2.05) is 5.32 Å². The first-order valence-corrected chi connectivity index (χ1v) is 8.52. The van der Waals surface area contributed by atoms with Crippen molar-refractivity contribution < 1.29 is 22.9 Å². The molecule has 144 valence electrons. The zero-order valence-electron chi connectivity index (χ0n) is 14.1. The van der Waals surface area contributed by atoms with Crippen molar-refractivity contribution in [1.29, 1.82) is 0 Å². The minimum atomic E-state index is -1.25. The molecule has 2 aromatic carbocycles. The molecule has 0 spiro atoms. The van der Waals surface area contributed by atoms with Crippen molar-refractivity contribution in [3.63, 3.8) is 0 Å². The predicted octanol–water partition coefficient (Wildman–Crippen LogP) is 5.20. The van der Waals surface area contributed by atoms with Gasteiger partial charge in [0.25, 0.3) is 5.91 Å². The first kappa shape index (κ1) is 19.8. The van der Waals surface area contributed by atoms with E-state index in [2.05, 4.69) is 10.5 Å². The van der Waals surface area contributed by atoms with Crippen LogP contribution in [0.5, 0.6) is 0 Å². The van der Waals surface area contributed by atoms with Crippen molar-refractivity contribution in [3.8, 4) is 11.3 Å². The molecule has 10 heteroatoms. The lowest BCUT2D eigenvalue weighted by Gasteiger charge is -2.09. The Morgan fingerprint density at radius 2 is 1.61 bits per heavy atom. The van der Waals surface area contributed by atoms with Crippen LogP contribution in [0.1, 0.15) is 16.1 Å². The van der Waals surface area contributed by atoms with E-state index >= 15 is 0 Å². The summed E-state index contributed by atoms with van der Waals surface area (Å²) in [5.41, 5.74) is -0.347. The third-order valence-corrected chi connectivity index (χ3v) is 4.35. The third-order valence-electron chi connectivity index (χ3n) is 3.72. The lowest BCUT2D eigenvalue weighted by molar-refractivity contribution is 0.0959. The first-order valence-electron chi connectivity index (χ1n) is 7.76. The maximum Gasteiger partial charge on any atom is 0.326 e. The van der Waals surface area contributed by atoms with Gasteiger partial charge in [0, 0.05) is 5.56 Å². The van der Waals surface area contributed by atoms with Gasteiger partial charge in [-0.1, -0.05) is 40.5 Å². The standard InChI is InChI=1S/C18H11Cl2F2N3O3/c1-8-15(16(25-28-8)13-9(19)4-2-5-10(13)20)23-18(27)24-17(26)14-11(21)6-3-7-12(14)22/h2-7H,1H3,(H2,23,24,26,27). The second-order valence-electron chi connectivity index (χ2n) is 5.56. The number of nitrogens with one attached hydrogen (secondary N) is 2. The van der Waals surface area contributed by atoms with Gasteiger partial charge in [-0.05, 0) is 31.2 Å². The second kappa shape index (κ2) is 7.95. The van der Waals surface area contributed by atoms with Crippen LogP contribution in [0.25, 0.3) is 11.3 Å². The maximum atomic E-state index is 13.7. The van der Waals surface area contributed by atoms with Crippen LogP contribution < -0.4 is 10.6 Å². The highest BCUT2D eigenvalue weighted by molar-refractivity contribution is 6.39. The molecule has 2 N–H and O–H groups in total. The Morgan fingerprint density at radius 3 is 2.21 bits per heavy atom. The predicted molar refractivity (Wildman–Crippen MR) is 99.5 cm³/mol. The molecule has 1 heterocycles. The number of benzene rings is 2. The SMILES string of the molecule is Cc1onc(-c2c(Cl)cccc2Cl)c1NC(=O)NC(=O)c1c(F)cccc1F. The molecule has 0 aliphatic rings. The minimum Gasteiger partial charge on any atom is -0.359 e. The molecule has 0 radical (unpaired) electrons. The number of rotatable bonds is 3. The van der Waals surface area contributed by atoms with Crippen LogP contribution in [-0.2, 0) is 0 Å². The molecular formula is C18H11Cl2F2N3O3. The van der Waals surface area contributed by atoms with Gasteiger partial charge >= 0.3 is 6.03 Å². The van der Waals surface area contributed by atoms with Gasteiger partial charge in [-0.3, -0.25) is 10.1 Å². The van der Waals surface area contributed by atoms with Gasteiger partial charge in [0.05, 0.1) is 10.0 Å². The summed E-state index contributed by atoms with van der Waals surface area (Å²) in [4.78, 5) is 24.2. The lowest BCUT2D eigenvalue weighted by atomic mass is 10.1. The van der Waals surface area contributed by atoms with E-state index in [0.717, 1.165) is 18.2 Å². The van der Waals surface area contributed by atoms with Gasteiger partial charge in [-0.2, -0.15) is 0 Å². The highest BCUT2D eigenvalue weighted by atomic mass is 35.5. The van der Waals surface area contributed by atoms with E-state index in [4.69, 9.17) is 27.7 Å². The lowest BCUT2D eigenvalue weighted by Crippen LogP contribution is -2.35. The summed E-state index contributed by atoms with van der Waals surface area (Å²) < 4.78 is 32.4. The van der Waals surface area contributed by atoms with Crippen molar-refractivity contribution in [3.05, 3.63) is 69.4 Å². The van der Waals surface area contributed by atoms with Crippen LogP contribution in [0, 0.1) is 18.6 Å². The summed E-state index contributed by atoms with van der Waals surface area (Å²) in [6.07, 6.45) is 0. The molecule has 0 bridgehead atoms. The summed E-state index contributed by atoms with van der Waals surface area (Å²) in [6, 6.07) is 6.62. The fourth-order valence-corrected chi connectivity index (χ4v) is 3.02. The Balaban J connectivity index is 1.86. The topological polar surface area (TPSA) is 84.2 Å². The van der Waals surface area contributed by atoms with Crippen LogP contribution in [0.2, 0.25) is 10.0 Å². The molecule has 6 nitrogen and oxygen atoms in total. The Hall–Kier alpha value is -2.97. The molecule has 3 rings (SSSR count). The van der Waals surface area contributed by atoms with Crippen molar-refractivity contribution in [2.24, 2.45) is 0 Å². The van der Waals surface area contributed by atoms with Crippen molar-refractivity contribution in [2.75, 3.05) is 5.32 Å². The molecule has 0 saturated carbocycles. The molecule has 1 aromatic heterocycles. The molecule has 0 aliphatic heterocycles. The summed E-state index contributed by atoms with van der Waals surface area (Å²) in [5.74, 6) is -3.25. The number of anilines is 1. The molecule has 28 heavy (non-hydrogen) atoms. The summed E-state index contributed by atoms with van der Waals surface area (Å²) in [6.45, 7) is 1.51. The van der Waals surface area contributed by atoms with E-state index in [1.54, 1.807) is 18.2 Å². The largest absolute Gasteiger partial charge is 0.359 e. The van der Waals surface area contributed by atoms with E-state index in [0.29, 0.717) is 5.56 Å². The molecule has 3 aromatic rings. The fourth-order valence-electron chi connectivity index (χ4n) is 2.44. The van der Waals surface area contributed by atoms with Gasteiger partial charge in [0.1, 0.15) is 28.6 Å². The molecule has 3 amide bonds. The van der Waals surface area contributed by atoms with Gasteiger partial charge in [-0.25, -0.2) is 13.6 Å². The summed E-state index contributed by atoms with van der Waals surface area (Å²) in [5, 5.41) is 8.56. The van der Waals surface area contributed by atoms with Crippen LogP contribution in [0.15, 0.2) is 40.9 Å². The number of carbonyl (C=O) groups is 2. The Bertz CT molecular complexity index is 1050. The van der Waals surface area contributed by atoms with Crippen LogP contribution >= 0.6 is 23.2 Å². The smallest absolute Gasteiger partial charge is 0.326 e. The fraction of sp³-hybridized carbons (Fsp3) is 0.0556. The third kappa shape index (κ3) is 3.83. The van der Waals surface area contributed by atoms with Crippen LogP contribution in [-0.4, -0.2) is 17.1 Å². The first-order chi connectivity index (χ1) is 13.3. The van der Waals surface area contributed by atoms with Gasteiger partial charge < -0.3 is 9.84 Å². The highest BCUT2D eigenvalue weighted by Gasteiger charge is 2.23. The highest BCUT2D eigenvalue weighted by Crippen LogP contribution is 2.39. The monoisotopic (exact) mass is 425 g/mol. The number of amides is 3. The number of urea groups is 1. The number of aromatic nitrogens is 1. The average molecular weight is 426 g/mol. The quantitative estimate of drug-likeness (QED) is 0.603. The number of aryl methyl sites for hydroxylation is 1. The molecule has 0 atom stereocenters. The Morgan fingerprint density at radius 1 is 1.04 bits per heavy atom. The van der Waals surface area contributed by atoms with E-state index in [9.17, 15) is 18.4 Å². The van der Waals surface area contributed by atoms with Gasteiger partial charge in [0.15, 0.2) is 5.76 Å². The van der Waals surface area contributed by atoms with Crippen molar-refractivity contribution in [2.45, 2.75) is 6.92 Å². The number of nitrogens with zero attached hydrogens (tertiary/aromatic N) is 1. The van der Waals surface area contributed by atoms with Crippen LogP contribution in [0.3, 0.4) is 0 Å². The van der Waals surface area contributed by atoms with E-state index < -0.39 is 29.1 Å². The molecule has 0 saturated heterocycles. The number of imide groups is 1. The van der Waals surface area contributed by atoms with Crippen molar-refractivity contribution in [1.82, 2.24) is 10.5 Å². The van der Waals surface area contributed by atoms with Gasteiger partial charge in [0.2, 0.25) is 0 Å². The number of carbonyl (C=O) groups excluding carboxylic acids is 2. The van der Waals surface area contributed by atoms with E-state index in [-0.39, 0.29) is 27.2 Å². The zero-order valence-corrected chi connectivity index (χ0v) is 15.7. The Labute approximate surface area is 167 Å². The minimum absolute atomic E-state index is 0.0919. The van der Waals surface area contributed by atoms with E-state index in [1.165, 1.54) is 6.92 Å². The number of hydrogen-bond donors (Lipinski definition) is 2. The normalized spacial score (nSPS) is 10.6. The molecule has 0 fully saturated rings. The maximum absolute atomic E-state index is 13.7. The molecular weight excluding hydrogens is 415 g/mol. The second-order valence-corrected chi connectivity index (χ2v) is 6.38. The molecule has 0 unspecified atom stereocenters. The summed E-state index contributed by atoms with van der Waals surface area (Å²) in [7, 11) is 0. The van der Waals surface area contributed by atoms with Crippen LogP contribution in [0.4, 0.5) is 19.3 Å². The number of halogens is 4. The molecule has 0 aliphatic carbocycles.